The molecule has 1 aliphatic heterocycles. The summed E-state index contributed by atoms with van der Waals surface area (Å²) in [5.74, 6) is -0.286. The maximum absolute atomic E-state index is 10.8. The lowest BCUT2D eigenvalue weighted by Crippen LogP contribution is -2.47. The normalized spacial score (nSPS) is 38.0. The van der Waals surface area contributed by atoms with Gasteiger partial charge in [-0.2, -0.15) is 0 Å². The van der Waals surface area contributed by atoms with E-state index in [-0.39, 0.29) is 29.3 Å². The van der Waals surface area contributed by atoms with E-state index >= 15 is 0 Å². The molecule has 0 aromatic carbocycles. The second-order valence-electron chi connectivity index (χ2n) is 3.33. The summed E-state index contributed by atoms with van der Waals surface area (Å²) in [6.07, 6.45) is 0.0701. The third-order valence-electron chi connectivity index (χ3n) is 2.17. The van der Waals surface area contributed by atoms with Crippen molar-refractivity contribution >= 4 is 21.9 Å². The summed E-state index contributed by atoms with van der Waals surface area (Å²) in [6.45, 7) is 3.27. The minimum atomic E-state index is -0.286. The molecule has 0 saturated carbocycles. The van der Waals surface area contributed by atoms with Crippen molar-refractivity contribution in [2.24, 2.45) is 0 Å². The molecule has 82 valence electrons. The Morgan fingerprint density at radius 2 is 2.21 bits per heavy atom. The predicted molar refractivity (Wildman–Crippen MR) is 54.2 cm³/mol. The molecule has 1 saturated heterocycles. The first kappa shape index (κ1) is 11.9. The third-order valence-corrected chi connectivity index (χ3v) is 3.06. The van der Waals surface area contributed by atoms with Gasteiger partial charge < -0.3 is 14.2 Å². The molecule has 0 bridgehead atoms. The number of hydrogen-bond donors (Lipinski definition) is 0. The fourth-order valence-corrected chi connectivity index (χ4v) is 2.34. The Hall–Kier alpha value is -0.130. The van der Waals surface area contributed by atoms with Crippen LogP contribution in [0.25, 0.3) is 0 Å². The molecule has 1 heterocycles. The van der Waals surface area contributed by atoms with Crippen LogP contribution in [0.2, 0.25) is 0 Å². The number of methoxy groups -OCH3 is 1. The predicted octanol–water partition coefficient (Wildman–Crippen LogP) is 1.46. The number of carbonyl (C=O) groups is 1. The van der Waals surface area contributed by atoms with Gasteiger partial charge in [0.1, 0.15) is 6.10 Å². The topological polar surface area (TPSA) is 44.8 Å². The van der Waals surface area contributed by atoms with Crippen LogP contribution in [0.3, 0.4) is 0 Å². The molecule has 4 atom stereocenters. The van der Waals surface area contributed by atoms with Crippen molar-refractivity contribution in [2.75, 3.05) is 7.11 Å². The highest BCUT2D eigenvalue weighted by atomic mass is 79.9. The second kappa shape index (κ2) is 5.09. The van der Waals surface area contributed by atoms with Gasteiger partial charge in [0, 0.05) is 20.5 Å². The zero-order valence-corrected chi connectivity index (χ0v) is 10.1. The Morgan fingerprint density at radius 1 is 1.57 bits per heavy atom. The zero-order valence-electron chi connectivity index (χ0n) is 8.53. The van der Waals surface area contributed by atoms with Crippen molar-refractivity contribution in [3.8, 4) is 0 Å². The lowest BCUT2D eigenvalue weighted by atomic mass is 10.1. The number of ether oxygens (including phenoxy) is 3. The van der Waals surface area contributed by atoms with Gasteiger partial charge in [0.25, 0.3) is 0 Å². The molecule has 0 aromatic heterocycles. The molecular weight excluding hydrogens is 252 g/mol. The van der Waals surface area contributed by atoms with Gasteiger partial charge in [-0.3, -0.25) is 4.79 Å². The molecule has 14 heavy (non-hydrogen) atoms. The van der Waals surface area contributed by atoms with E-state index in [1.165, 1.54) is 6.92 Å². The van der Waals surface area contributed by atoms with E-state index in [9.17, 15) is 4.79 Å². The molecule has 0 aliphatic carbocycles. The first-order valence-corrected chi connectivity index (χ1v) is 5.45. The number of carbonyl (C=O) groups excluding carboxylic acids is 1. The Balaban J connectivity index is 2.55. The minimum Gasteiger partial charge on any atom is -0.459 e. The van der Waals surface area contributed by atoms with E-state index < -0.39 is 0 Å². The maximum Gasteiger partial charge on any atom is 0.303 e. The summed E-state index contributed by atoms with van der Waals surface area (Å²) in [4.78, 5) is 10.9. The van der Waals surface area contributed by atoms with Crippen LogP contribution in [0.1, 0.15) is 20.3 Å². The second-order valence-corrected chi connectivity index (χ2v) is 4.51. The molecule has 0 N–H and O–H groups in total. The van der Waals surface area contributed by atoms with Crippen molar-refractivity contribution < 1.29 is 19.0 Å². The standard InChI is InChI=1S/C9H15BrO4/c1-5-9(14-6(2)11)7(10)4-8(12-3)13-5/h5,7-9H,4H2,1-3H3/t5-,7-,8?,9-/m0/s1. The van der Waals surface area contributed by atoms with E-state index in [0.29, 0.717) is 6.42 Å². The highest BCUT2D eigenvalue weighted by molar-refractivity contribution is 9.09. The average molecular weight is 267 g/mol. The molecule has 0 amide bonds. The summed E-state index contributed by atoms with van der Waals surface area (Å²) in [7, 11) is 1.60. The lowest BCUT2D eigenvalue weighted by Gasteiger charge is -2.36. The van der Waals surface area contributed by atoms with E-state index in [4.69, 9.17) is 14.2 Å². The van der Waals surface area contributed by atoms with Crippen LogP contribution in [0.15, 0.2) is 0 Å². The van der Waals surface area contributed by atoms with Gasteiger partial charge in [-0.05, 0) is 6.92 Å². The molecule has 4 nitrogen and oxygen atoms in total. The lowest BCUT2D eigenvalue weighted by molar-refractivity contribution is -0.212. The molecule has 5 heteroatoms. The van der Waals surface area contributed by atoms with Gasteiger partial charge in [-0.25, -0.2) is 0 Å². The summed E-state index contributed by atoms with van der Waals surface area (Å²) in [5, 5.41) is 0. The highest BCUT2D eigenvalue weighted by Crippen LogP contribution is 2.28. The Labute approximate surface area is 92.0 Å². The van der Waals surface area contributed by atoms with E-state index in [0.717, 1.165) is 0 Å². The Kier molecular flexibility index (Phi) is 4.34. The van der Waals surface area contributed by atoms with Crippen LogP contribution in [0.4, 0.5) is 0 Å². The molecule has 0 spiro atoms. The van der Waals surface area contributed by atoms with E-state index in [2.05, 4.69) is 15.9 Å². The van der Waals surface area contributed by atoms with Gasteiger partial charge in [0.05, 0.1) is 10.9 Å². The third kappa shape index (κ3) is 2.93. The summed E-state index contributed by atoms with van der Waals surface area (Å²) in [6, 6.07) is 0. The van der Waals surface area contributed by atoms with E-state index in [1.807, 2.05) is 6.92 Å². The molecule has 1 aliphatic rings. The summed E-state index contributed by atoms with van der Waals surface area (Å²) >= 11 is 3.47. The van der Waals surface area contributed by atoms with Gasteiger partial charge >= 0.3 is 5.97 Å². The molecule has 0 radical (unpaired) electrons. The average Bonchev–Trinajstić information content (AvgIpc) is 2.10. The largest absolute Gasteiger partial charge is 0.459 e. The Morgan fingerprint density at radius 3 is 2.64 bits per heavy atom. The maximum atomic E-state index is 10.8. The summed E-state index contributed by atoms with van der Waals surface area (Å²) in [5.41, 5.74) is 0. The smallest absolute Gasteiger partial charge is 0.303 e. The monoisotopic (exact) mass is 266 g/mol. The van der Waals surface area contributed by atoms with Crippen molar-refractivity contribution in [1.29, 1.82) is 0 Å². The fourth-order valence-electron chi connectivity index (χ4n) is 1.50. The van der Waals surface area contributed by atoms with E-state index in [1.54, 1.807) is 7.11 Å². The van der Waals surface area contributed by atoms with Crippen LogP contribution in [-0.4, -0.2) is 36.4 Å². The van der Waals surface area contributed by atoms with Crippen LogP contribution in [-0.2, 0) is 19.0 Å². The van der Waals surface area contributed by atoms with Crippen molar-refractivity contribution in [3.63, 3.8) is 0 Å². The van der Waals surface area contributed by atoms with Crippen molar-refractivity contribution in [3.05, 3.63) is 0 Å². The quantitative estimate of drug-likeness (QED) is 0.561. The van der Waals surface area contributed by atoms with Crippen LogP contribution >= 0.6 is 15.9 Å². The number of halogens is 1. The molecule has 1 unspecified atom stereocenters. The SMILES string of the molecule is COC1C[C@H](Br)[C@@H](OC(C)=O)[C@H](C)O1. The molecule has 0 aromatic rings. The van der Waals surface area contributed by atoms with Crippen LogP contribution in [0, 0.1) is 0 Å². The number of esters is 1. The van der Waals surface area contributed by atoms with Gasteiger partial charge in [-0.1, -0.05) is 15.9 Å². The Bertz CT molecular complexity index is 197. The summed E-state index contributed by atoms with van der Waals surface area (Å²) < 4.78 is 15.7. The van der Waals surface area contributed by atoms with Gasteiger partial charge in [-0.15, -0.1) is 0 Å². The van der Waals surface area contributed by atoms with Gasteiger partial charge in [0.15, 0.2) is 6.29 Å². The number of hydrogen-bond acceptors (Lipinski definition) is 4. The first-order chi connectivity index (χ1) is 6.54. The van der Waals surface area contributed by atoms with Crippen molar-refractivity contribution in [1.82, 2.24) is 0 Å². The number of alkyl halides is 1. The van der Waals surface area contributed by atoms with Gasteiger partial charge in [0.2, 0.25) is 0 Å². The molecule has 1 rings (SSSR count). The molecular formula is C9H15BrO4. The molecule has 1 fully saturated rings. The number of rotatable bonds is 2. The zero-order chi connectivity index (χ0) is 10.7. The van der Waals surface area contributed by atoms with Crippen LogP contribution < -0.4 is 0 Å². The minimum absolute atomic E-state index is 0.0834. The highest BCUT2D eigenvalue weighted by Gasteiger charge is 2.37. The van der Waals surface area contributed by atoms with Crippen LogP contribution in [0.5, 0.6) is 0 Å². The fraction of sp³-hybridized carbons (Fsp3) is 0.889. The first-order valence-electron chi connectivity index (χ1n) is 4.54. The van der Waals surface area contributed by atoms with Crippen molar-refractivity contribution in [2.45, 2.75) is 43.6 Å².